The first-order valence-corrected chi connectivity index (χ1v) is 6.80. The Balaban J connectivity index is 2.27. The standard InChI is InChI=1S/C14H19ClFNO/c15-11-5-4-10(8-12(11)16)13(18)14(9-17)6-2-1-3-7-14/h4-5,8,13,18H,1-3,6-7,9,17H2. The summed E-state index contributed by atoms with van der Waals surface area (Å²) in [6, 6.07) is 4.49. The van der Waals surface area contributed by atoms with Crippen molar-refractivity contribution in [3.8, 4) is 0 Å². The van der Waals surface area contributed by atoms with Crippen LogP contribution < -0.4 is 5.73 Å². The largest absolute Gasteiger partial charge is 0.388 e. The van der Waals surface area contributed by atoms with Crippen LogP contribution in [0.4, 0.5) is 4.39 Å². The summed E-state index contributed by atoms with van der Waals surface area (Å²) in [5.74, 6) is -0.490. The zero-order valence-corrected chi connectivity index (χ0v) is 11.1. The number of benzene rings is 1. The van der Waals surface area contributed by atoms with Crippen LogP contribution in [-0.2, 0) is 0 Å². The van der Waals surface area contributed by atoms with E-state index in [1.807, 2.05) is 0 Å². The lowest BCUT2D eigenvalue weighted by Gasteiger charge is -2.40. The van der Waals surface area contributed by atoms with Crippen molar-refractivity contribution in [2.75, 3.05) is 6.54 Å². The molecule has 2 nitrogen and oxygen atoms in total. The fourth-order valence-corrected chi connectivity index (χ4v) is 3.00. The molecule has 1 atom stereocenters. The Morgan fingerprint density at radius 2 is 2.00 bits per heavy atom. The van der Waals surface area contributed by atoms with Gasteiger partial charge >= 0.3 is 0 Å². The summed E-state index contributed by atoms with van der Waals surface area (Å²) in [4.78, 5) is 0. The molecule has 1 aliphatic carbocycles. The zero-order chi connectivity index (χ0) is 13.2. The van der Waals surface area contributed by atoms with Crippen LogP contribution in [0, 0.1) is 11.2 Å². The van der Waals surface area contributed by atoms with E-state index in [9.17, 15) is 9.50 Å². The molecule has 3 N–H and O–H groups in total. The van der Waals surface area contributed by atoms with Gasteiger partial charge in [-0.05, 0) is 30.5 Å². The molecule has 4 heteroatoms. The first kappa shape index (κ1) is 13.8. The molecule has 1 unspecified atom stereocenters. The predicted octanol–water partition coefficient (Wildman–Crippen LogP) is 3.42. The lowest BCUT2D eigenvalue weighted by atomic mass is 9.68. The molecule has 1 aromatic rings. The molecule has 1 aliphatic rings. The average Bonchev–Trinajstić information content (AvgIpc) is 2.42. The fraction of sp³-hybridized carbons (Fsp3) is 0.571. The maximum Gasteiger partial charge on any atom is 0.142 e. The first-order valence-electron chi connectivity index (χ1n) is 6.42. The van der Waals surface area contributed by atoms with E-state index < -0.39 is 11.9 Å². The Morgan fingerprint density at radius 3 is 2.56 bits per heavy atom. The van der Waals surface area contributed by atoms with Gasteiger partial charge in [-0.25, -0.2) is 4.39 Å². The molecular formula is C14H19ClFNO. The Bertz CT molecular complexity index is 418. The van der Waals surface area contributed by atoms with Gasteiger partial charge in [0.1, 0.15) is 5.82 Å². The van der Waals surface area contributed by atoms with E-state index in [1.54, 1.807) is 6.07 Å². The minimum absolute atomic E-state index is 0.0800. The summed E-state index contributed by atoms with van der Waals surface area (Å²) < 4.78 is 13.5. The normalized spacial score (nSPS) is 20.7. The van der Waals surface area contributed by atoms with E-state index in [4.69, 9.17) is 17.3 Å². The molecule has 18 heavy (non-hydrogen) atoms. The average molecular weight is 272 g/mol. The van der Waals surface area contributed by atoms with Crippen LogP contribution in [0.25, 0.3) is 0 Å². The lowest BCUT2D eigenvalue weighted by molar-refractivity contribution is 0.000524. The number of nitrogens with two attached hydrogens (primary N) is 1. The Hall–Kier alpha value is -0.640. The van der Waals surface area contributed by atoms with Crippen LogP contribution in [0.3, 0.4) is 0 Å². The summed E-state index contributed by atoms with van der Waals surface area (Å²) in [6.07, 6.45) is 4.41. The van der Waals surface area contributed by atoms with Gasteiger partial charge in [-0.2, -0.15) is 0 Å². The Labute approximate surface area is 112 Å². The molecule has 0 heterocycles. The van der Waals surface area contributed by atoms with Crippen molar-refractivity contribution < 1.29 is 9.50 Å². The number of hydrogen-bond donors (Lipinski definition) is 2. The summed E-state index contributed by atoms with van der Waals surface area (Å²) >= 11 is 5.66. The topological polar surface area (TPSA) is 46.2 Å². The van der Waals surface area contributed by atoms with Gasteiger partial charge in [0.25, 0.3) is 0 Å². The van der Waals surface area contributed by atoms with Gasteiger partial charge < -0.3 is 10.8 Å². The van der Waals surface area contributed by atoms with E-state index in [0.717, 1.165) is 25.7 Å². The van der Waals surface area contributed by atoms with Crippen molar-refractivity contribution in [3.63, 3.8) is 0 Å². The van der Waals surface area contributed by atoms with E-state index in [0.29, 0.717) is 12.1 Å². The molecule has 1 saturated carbocycles. The summed E-state index contributed by atoms with van der Waals surface area (Å²) in [7, 11) is 0. The molecule has 1 fully saturated rings. The van der Waals surface area contributed by atoms with Crippen molar-refractivity contribution in [1.82, 2.24) is 0 Å². The maximum absolute atomic E-state index is 13.5. The number of hydrogen-bond acceptors (Lipinski definition) is 2. The molecule has 1 aromatic carbocycles. The zero-order valence-electron chi connectivity index (χ0n) is 10.3. The third-order valence-electron chi connectivity index (χ3n) is 4.10. The Kier molecular flexibility index (Phi) is 4.25. The number of halogens is 2. The lowest BCUT2D eigenvalue weighted by Crippen LogP contribution is -2.38. The third-order valence-corrected chi connectivity index (χ3v) is 4.40. The second-order valence-corrected chi connectivity index (χ2v) is 5.61. The minimum Gasteiger partial charge on any atom is -0.388 e. The molecule has 0 aliphatic heterocycles. The first-order chi connectivity index (χ1) is 8.59. The number of aliphatic hydroxyl groups excluding tert-OH is 1. The van der Waals surface area contributed by atoms with Gasteiger partial charge in [0.2, 0.25) is 0 Å². The van der Waals surface area contributed by atoms with Crippen molar-refractivity contribution in [1.29, 1.82) is 0 Å². The van der Waals surface area contributed by atoms with Gasteiger partial charge in [0, 0.05) is 12.0 Å². The van der Waals surface area contributed by atoms with Gasteiger partial charge in [-0.1, -0.05) is 36.9 Å². The van der Waals surface area contributed by atoms with E-state index in [2.05, 4.69) is 0 Å². The highest BCUT2D eigenvalue weighted by Crippen LogP contribution is 2.45. The molecule has 2 rings (SSSR count). The number of rotatable bonds is 3. The second kappa shape index (κ2) is 5.55. The summed E-state index contributed by atoms with van der Waals surface area (Å²) in [5, 5.41) is 10.6. The van der Waals surface area contributed by atoms with Crippen molar-refractivity contribution in [2.24, 2.45) is 11.1 Å². The molecule has 0 amide bonds. The monoisotopic (exact) mass is 271 g/mol. The SMILES string of the molecule is NCC1(C(O)c2ccc(Cl)c(F)c2)CCCCC1. The quantitative estimate of drug-likeness (QED) is 0.885. The van der Waals surface area contributed by atoms with E-state index in [-0.39, 0.29) is 10.4 Å². The fourth-order valence-electron chi connectivity index (χ4n) is 2.88. The highest BCUT2D eigenvalue weighted by molar-refractivity contribution is 6.30. The third kappa shape index (κ3) is 2.53. The molecule has 0 radical (unpaired) electrons. The van der Waals surface area contributed by atoms with Crippen LogP contribution in [0.2, 0.25) is 5.02 Å². The predicted molar refractivity (Wildman–Crippen MR) is 70.9 cm³/mol. The van der Waals surface area contributed by atoms with Crippen molar-refractivity contribution >= 4 is 11.6 Å². The van der Waals surface area contributed by atoms with Gasteiger partial charge in [-0.3, -0.25) is 0 Å². The molecular weight excluding hydrogens is 253 g/mol. The van der Waals surface area contributed by atoms with Gasteiger partial charge in [0.05, 0.1) is 11.1 Å². The number of aliphatic hydroxyl groups is 1. The van der Waals surface area contributed by atoms with Gasteiger partial charge in [-0.15, -0.1) is 0 Å². The van der Waals surface area contributed by atoms with Crippen molar-refractivity contribution in [3.05, 3.63) is 34.6 Å². The van der Waals surface area contributed by atoms with Crippen LogP contribution in [0.1, 0.15) is 43.8 Å². The molecule has 0 bridgehead atoms. The molecule has 0 saturated heterocycles. The van der Waals surface area contributed by atoms with Gasteiger partial charge in [0.15, 0.2) is 0 Å². The molecule has 0 aromatic heterocycles. The van der Waals surface area contributed by atoms with Crippen LogP contribution >= 0.6 is 11.6 Å². The summed E-state index contributed by atoms with van der Waals surface area (Å²) in [5.41, 5.74) is 6.13. The highest BCUT2D eigenvalue weighted by atomic mass is 35.5. The van der Waals surface area contributed by atoms with E-state index in [1.165, 1.54) is 18.6 Å². The van der Waals surface area contributed by atoms with Crippen LogP contribution in [0.5, 0.6) is 0 Å². The summed E-state index contributed by atoms with van der Waals surface area (Å²) in [6.45, 7) is 0.429. The Morgan fingerprint density at radius 1 is 1.33 bits per heavy atom. The maximum atomic E-state index is 13.5. The minimum atomic E-state index is -0.713. The van der Waals surface area contributed by atoms with E-state index >= 15 is 0 Å². The van der Waals surface area contributed by atoms with Crippen LogP contribution in [0.15, 0.2) is 18.2 Å². The smallest absolute Gasteiger partial charge is 0.142 e. The molecule has 0 spiro atoms. The highest BCUT2D eigenvalue weighted by Gasteiger charge is 2.38. The van der Waals surface area contributed by atoms with Crippen LogP contribution in [-0.4, -0.2) is 11.7 Å². The van der Waals surface area contributed by atoms with Crippen molar-refractivity contribution in [2.45, 2.75) is 38.2 Å². The second-order valence-electron chi connectivity index (χ2n) is 5.20. The molecule has 100 valence electrons.